The van der Waals surface area contributed by atoms with Gasteiger partial charge in [0.05, 0.1) is 0 Å². The van der Waals surface area contributed by atoms with E-state index in [2.05, 4.69) is 13.2 Å². The van der Waals surface area contributed by atoms with Crippen LogP contribution < -0.4 is 0 Å². The van der Waals surface area contributed by atoms with Gasteiger partial charge in [-0.1, -0.05) is 61.7 Å². The van der Waals surface area contributed by atoms with E-state index in [1.54, 1.807) is 12.1 Å². The first-order valence-corrected chi connectivity index (χ1v) is 10.2. The number of hydrogen-bond acceptors (Lipinski definition) is 4. The summed E-state index contributed by atoms with van der Waals surface area (Å²) in [6.45, 7) is 8.32. The van der Waals surface area contributed by atoms with Crippen LogP contribution >= 0.6 is 0 Å². The second-order valence-electron chi connectivity index (χ2n) is 7.74. The summed E-state index contributed by atoms with van der Waals surface area (Å²) < 4.78 is 0. The largest absolute Gasteiger partial charge is 0.507 e. The highest BCUT2D eigenvalue weighted by Crippen LogP contribution is 2.36. The van der Waals surface area contributed by atoms with Gasteiger partial charge in [0.1, 0.15) is 22.6 Å². The molecule has 0 saturated heterocycles. The Labute approximate surface area is 195 Å². The number of aromatic hydroxyl groups is 2. The summed E-state index contributed by atoms with van der Waals surface area (Å²) >= 11 is 0. The van der Waals surface area contributed by atoms with Gasteiger partial charge in [-0.2, -0.15) is 0 Å². The van der Waals surface area contributed by atoms with Crippen molar-refractivity contribution in [3.63, 3.8) is 0 Å². The SMILES string of the molecule is C=C(c1ccc(O)c(C(=O)O)c1)c1ccc(C(=C)c2ccc(O)c(C(=O)O)c2)c2ccccc12. The van der Waals surface area contributed by atoms with Crippen molar-refractivity contribution < 1.29 is 30.0 Å². The van der Waals surface area contributed by atoms with Crippen LogP contribution in [0.25, 0.3) is 21.9 Å². The van der Waals surface area contributed by atoms with Gasteiger partial charge in [0.25, 0.3) is 0 Å². The molecule has 4 N–H and O–H groups in total. The van der Waals surface area contributed by atoms with Crippen LogP contribution in [0.2, 0.25) is 0 Å². The Kier molecular flexibility index (Phi) is 5.65. The molecule has 6 heteroatoms. The van der Waals surface area contributed by atoms with Crippen molar-refractivity contribution in [2.45, 2.75) is 0 Å². The molecule has 0 radical (unpaired) electrons. The molecule has 0 aliphatic rings. The maximum atomic E-state index is 11.4. The lowest BCUT2D eigenvalue weighted by molar-refractivity contribution is 0.0682. The van der Waals surface area contributed by atoms with E-state index < -0.39 is 11.9 Å². The van der Waals surface area contributed by atoms with Crippen LogP contribution in [0.5, 0.6) is 11.5 Å². The molecule has 0 unspecified atom stereocenters. The summed E-state index contributed by atoms with van der Waals surface area (Å²) in [5.74, 6) is -3.12. The quantitative estimate of drug-likeness (QED) is 0.295. The highest BCUT2D eigenvalue weighted by molar-refractivity contribution is 6.05. The van der Waals surface area contributed by atoms with Crippen LogP contribution in [0.15, 0.2) is 86.0 Å². The van der Waals surface area contributed by atoms with Gasteiger partial charge in [-0.15, -0.1) is 0 Å². The maximum absolute atomic E-state index is 11.4. The smallest absolute Gasteiger partial charge is 0.339 e. The predicted molar refractivity (Wildman–Crippen MR) is 130 cm³/mol. The number of aromatic carboxylic acids is 2. The van der Waals surface area contributed by atoms with Crippen LogP contribution in [0.1, 0.15) is 43.0 Å². The van der Waals surface area contributed by atoms with Crippen molar-refractivity contribution in [2.24, 2.45) is 0 Å². The highest BCUT2D eigenvalue weighted by atomic mass is 16.4. The third-order valence-corrected chi connectivity index (χ3v) is 5.73. The second kappa shape index (κ2) is 8.60. The molecule has 168 valence electrons. The molecular weight excluding hydrogens is 432 g/mol. The van der Waals surface area contributed by atoms with E-state index in [1.165, 1.54) is 24.3 Å². The summed E-state index contributed by atoms with van der Waals surface area (Å²) in [5.41, 5.74) is 3.37. The first-order valence-electron chi connectivity index (χ1n) is 10.2. The van der Waals surface area contributed by atoms with Gasteiger partial charge in [-0.3, -0.25) is 0 Å². The Morgan fingerprint density at radius 2 is 0.941 bits per heavy atom. The third kappa shape index (κ3) is 3.89. The number of carboxylic acids is 2. The van der Waals surface area contributed by atoms with Gasteiger partial charge in [-0.25, -0.2) is 9.59 Å². The molecule has 0 aromatic heterocycles. The topological polar surface area (TPSA) is 115 Å². The maximum Gasteiger partial charge on any atom is 0.339 e. The summed E-state index contributed by atoms with van der Waals surface area (Å²) in [6, 6.07) is 19.9. The molecule has 0 heterocycles. The number of fused-ring (bicyclic) bond motifs is 1. The molecule has 4 rings (SSSR count). The molecule has 34 heavy (non-hydrogen) atoms. The minimum absolute atomic E-state index is 0.213. The van der Waals surface area contributed by atoms with Crippen molar-refractivity contribution >= 4 is 33.9 Å². The molecule has 0 aliphatic carbocycles. The van der Waals surface area contributed by atoms with E-state index in [0.29, 0.717) is 22.3 Å². The summed E-state index contributed by atoms with van der Waals surface area (Å²) in [6.07, 6.45) is 0. The summed E-state index contributed by atoms with van der Waals surface area (Å²) in [5, 5.41) is 40.0. The van der Waals surface area contributed by atoms with Gasteiger partial charge in [0.15, 0.2) is 0 Å². The van der Waals surface area contributed by atoms with Crippen LogP contribution in [0.3, 0.4) is 0 Å². The molecule has 4 aromatic rings. The number of carboxylic acid groups (broad SMARTS) is 2. The van der Waals surface area contributed by atoms with Crippen molar-refractivity contribution in [3.05, 3.63) is 119 Å². The lowest BCUT2D eigenvalue weighted by Gasteiger charge is -2.16. The van der Waals surface area contributed by atoms with Crippen LogP contribution in [-0.4, -0.2) is 32.4 Å². The number of benzene rings is 4. The molecule has 0 saturated carbocycles. The fourth-order valence-corrected chi connectivity index (χ4v) is 3.93. The van der Waals surface area contributed by atoms with Crippen LogP contribution in [0, 0.1) is 0 Å². The van der Waals surface area contributed by atoms with Gasteiger partial charge in [0.2, 0.25) is 0 Å². The molecule has 4 aromatic carbocycles. The predicted octanol–water partition coefficient (Wildman–Crippen LogP) is 5.77. The fourth-order valence-electron chi connectivity index (χ4n) is 3.93. The van der Waals surface area contributed by atoms with Gasteiger partial charge in [-0.05, 0) is 68.4 Å². The number of rotatable bonds is 6. The minimum Gasteiger partial charge on any atom is -0.507 e. The van der Waals surface area contributed by atoms with E-state index in [9.17, 15) is 30.0 Å². The van der Waals surface area contributed by atoms with Gasteiger partial charge >= 0.3 is 11.9 Å². The summed E-state index contributed by atoms with van der Waals surface area (Å²) in [4.78, 5) is 22.9. The lowest BCUT2D eigenvalue weighted by Crippen LogP contribution is -2.00. The fraction of sp³-hybridized carbons (Fsp3) is 0. The zero-order chi connectivity index (χ0) is 24.6. The Morgan fingerprint density at radius 1 is 0.559 bits per heavy atom. The van der Waals surface area contributed by atoms with E-state index in [4.69, 9.17) is 0 Å². The Morgan fingerprint density at radius 3 is 1.29 bits per heavy atom. The molecule has 0 amide bonds. The van der Waals surface area contributed by atoms with Gasteiger partial charge in [0, 0.05) is 0 Å². The molecule has 0 spiro atoms. The van der Waals surface area contributed by atoms with Crippen molar-refractivity contribution in [1.82, 2.24) is 0 Å². The Balaban J connectivity index is 1.83. The normalized spacial score (nSPS) is 10.7. The van der Waals surface area contributed by atoms with Crippen LogP contribution in [-0.2, 0) is 0 Å². The summed E-state index contributed by atoms with van der Waals surface area (Å²) in [7, 11) is 0. The van der Waals surface area contributed by atoms with Crippen LogP contribution in [0.4, 0.5) is 0 Å². The van der Waals surface area contributed by atoms with E-state index in [-0.39, 0.29) is 22.6 Å². The van der Waals surface area contributed by atoms with Crippen molar-refractivity contribution in [2.75, 3.05) is 0 Å². The zero-order valence-electron chi connectivity index (χ0n) is 17.9. The number of phenols is 2. The number of hydrogen-bond donors (Lipinski definition) is 4. The standard InChI is InChI=1S/C28H20O6/c1-15(17-7-11-25(29)23(13-17)27(31)32)19-9-10-20(22-6-4-3-5-21(19)22)16(2)18-8-12-26(30)24(14-18)28(33)34/h3-14,29-30H,1-2H2,(H,31,32)(H,33,34). The monoisotopic (exact) mass is 452 g/mol. The molecule has 0 atom stereocenters. The second-order valence-corrected chi connectivity index (χ2v) is 7.74. The Hall–Kier alpha value is -4.84. The molecule has 0 bridgehead atoms. The first-order chi connectivity index (χ1) is 16.2. The lowest BCUT2D eigenvalue weighted by atomic mass is 9.88. The molecule has 6 nitrogen and oxygen atoms in total. The molecular formula is C28H20O6. The minimum atomic E-state index is -1.24. The zero-order valence-corrected chi connectivity index (χ0v) is 17.9. The van der Waals surface area contributed by atoms with Gasteiger partial charge < -0.3 is 20.4 Å². The number of carbonyl (C=O) groups is 2. The van der Waals surface area contributed by atoms with E-state index >= 15 is 0 Å². The Bertz CT molecular complexity index is 1400. The average molecular weight is 452 g/mol. The van der Waals surface area contributed by atoms with E-state index in [0.717, 1.165) is 21.9 Å². The first kappa shape index (κ1) is 22.4. The van der Waals surface area contributed by atoms with E-state index in [1.807, 2.05) is 36.4 Å². The van der Waals surface area contributed by atoms with Crippen molar-refractivity contribution in [3.8, 4) is 11.5 Å². The molecule has 0 aliphatic heterocycles. The third-order valence-electron chi connectivity index (χ3n) is 5.73. The average Bonchev–Trinajstić information content (AvgIpc) is 2.82. The molecule has 0 fully saturated rings. The highest BCUT2D eigenvalue weighted by Gasteiger charge is 2.17. The van der Waals surface area contributed by atoms with Crippen molar-refractivity contribution in [1.29, 1.82) is 0 Å².